The molecule has 0 aliphatic heterocycles. The summed E-state index contributed by atoms with van der Waals surface area (Å²) in [6.45, 7) is 3.38. The van der Waals surface area contributed by atoms with E-state index in [2.05, 4.69) is 37.0 Å². The van der Waals surface area contributed by atoms with Crippen LogP contribution in [0.3, 0.4) is 0 Å². The van der Waals surface area contributed by atoms with Crippen molar-refractivity contribution in [2.24, 2.45) is 0 Å². The summed E-state index contributed by atoms with van der Waals surface area (Å²) < 4.78 is 5.37. The molecule has 0 saturated carbocycles. The second-order valence-corrected chi connectivity index (χ2v) is 5.06. The van der Waals surface area contributed by atoms with Crippen LogP contribution in [0.15, 0.2) is 42.2 Å². The first-order valence-electron chi connectivity index (χ1n) is 8.26. The van der Waals surface area contributed by atoms with Gasteiger partial charge in [-0.2, -0.15) is 0 Å². The van der Waals surface area contributed by atoms with Gasteiger partial charge in [0.1, 0.15) is 0 Å². The van der Waals surface area contributed by atoms with Gasteiger partial charge < -0.3 is 9.84 Å². The summed E-state index contributed by atoms with van der Waals surface area (Å²) in [5.74, 6) is -0.845. The molecular formula is C19H30O3. The zero-order valence-electron chi connectivity index (χ0n) is 13.8. The lowest BCUT2D eigenvalue weighted by Gasteiger charge is -1.95. The van der Waals surface area contributed by atoms with Gasteiger partial charge in [0, 0.05) is 0 Å². The Balaban J connectivity index is 3.35. The van der Waals surface area contributed by atoms with Crippen molar-refractivity contribution in [2.75, 3.05) is 13.2 Å². The molecule has 0 fully saturated rings. The fourth-order valence-electron chi connectivity index (χ4n) is 1.77. The normalized spacial score (nSPS) is 11.0. The molecule has 0 unspecified atom stereocenters. The maximum absolute atomic E-state index is 10.2. The van der Waals surface area contributed by atoms with Gasteiger partial charge in [-0.25, -0.2) is 0 Å². The van der Waals surface area contributed by atoms with Gasteiger partial charge >= 0.3 is 5.97 Å². The molecule has 0 aromatic carbocycles. The molecule has 0 heterocycles. The first-order valence-corrected chi connectivity index (χ1v) is 8.26. The van der Waals surface area contributed by atoms with E-state index in [1.54, 1.807) is 6.08 Å². The summed E-state index contributed by atoms with van der Waals surface area (Å²) in [5, 5.41) is 8.41. The summed E-state index contributed by atoms with van der Waals surface area (Å²) in [7, 11) is 0. The van der Waals surface area contributed by atoms with Crippen LogP contribution >= 0.6 is 0 Å². The molecule has 0 atom stereocenters. The van der Waals surface area contributed by atoms with Gasteiger partial charge in [-0.05, 0) is 37.8 Å². The van der Waals surface area contributed by atoms with Crippen molar-refractivity contribution in [1.82, 2.24) is 0 Å². The number of carboxylic acid groups (broad SMARTS) is 1. The minimum Gasteiger partial charge on any atom is -0.481 e. The van der Waals surface area contributed by atoms with E-state index in [9.17, 15) is 4.79 Å². The maximum atomic E-state index is 10.2. The Morgan fingerprint density at radius 3 is 2.55 bits per heavy atom. The van der Waals surface area contributed by atoms with Crippen LogP contribution in [0.25, 0.3) is 0 Å². The molecule has 3 heteroatoms. The fourth-order valence-corrected chi connectivity index (χ4v) is 1.77. The van der Waals surface area contributed by atoms with E-state index in [0.29, 0.717) is 13.2 Å². The first-order chi connectivity index (χ1) is 10.8. The summed E-state index contributed by atoms with van der Waals surface area (Å²) >= 11 is 0. The molecule has 1 N–H and O–H groups in total. The Kier molecular flexibility index (Phi) is 16.2. The number of allylic oxidation sites excluding steroid dienone is 3. The van der Waals surface area contributed by atoms with E-state index < -0.39 is 5.97 Å². The summed E-state index contributed by atoms with van der Waals surface area (Å²) in [5.41, 5.74) is 2.78. The second-order valence-electron chi connectivity index (χ2n) is 5.06. The fraction of sp³-hybridized carbons (Fsp3) is 0.579. The number of hydrogen-bond donors (Lipinski definition) is 1. The predicted octanol–water partition coefficient (Wildman–Crippen LogP) is 5.05. The third-order valence-corrected chi connectivity index (χ3v) is 2.97. The van der Waals surface area contributed by atoms with E-state index >= 15 is 0 Å². The molecule has 0 aromatic rings. The van der Waals surface area contributed by atoms with Gasteiger partial charge in [-0.3, -0.25) is 4.79 Å². The highest BCUT2D eigenvalue weighted by Gasteiger charge is 1.87. The quantitative estimate of drug-likeness (QED) is 0.277. The highest BCUT2D eigenvalue weighted by Crippen LogP contribution is 2.03. The Hall–Kier alpha value is -1.57. The molecule has 0 amide bonds. The zero-order valence-corrected chi connectivity index (χ0v) is 13.8. The van der Waals surface area contributed by atoms with Crippen molar-refractivity contribution in [1.29, 1.82) is 0 Å². The second kappa shape index (κ2) is 17.5. The van der Waals surface area contributed by atoms with Crippen LogP contribution in [0, 0.1) is 0 Å². The molecule has 0 bridgehead atoms. The Morgan fingerprint density at radius 2 is 1.82 bits per heavy atom. The monoisotopic (exact) mass is 306 g/mol. The lowest BCUT2D eigenvalue weighted by molar-refractivity contribution is -0.135. The largest absolute Gasteiger partial charge is 0.481 e. The first kappa shape index (κ1) is 20.4. The van der Waals surface area contributed by atoms with Crippen LogP contribution in [0.4, 0.5) is 0 Å². The molecule has 0 saturated heterocycles. The van der Waals surface area contributed by atoms with Crippen molar-refractivity contribution >= 4 is 5.97 Å². The van der Waals surface area contributed by atoms with Gasteiger partial charge in [0.25, 0.3) is 0 Å². The smallest absolute Gasteiger partial charge is 0.307 e. The summed E-state index contributed by atoms with van der Waals surface area (Å²) in [6.07, 6.45) is 20.3. The molecule has 3 nitrogen and oxygen atoms in total. The highest BCUT2D eigenvalue weighted by molar-refractivity contribution is 5.68. The van der Waals surface area contributed by atoms with Crippen LogP contribution in [-0.4, -0.2) is 24.3 Å². The molecular weight excluding hydrogens is 276 g/mol. The molecule has 0 radical (unpaired) electrons. The van der Waals surface area contributed by atoms with Crippen LogP contribution < -0.4 is 0 Å². The molecule has 0 aromatic heterocycles. The van der Waals surface area contributed by atoms with Crippen LogP contribution in [0.5, 0.6) is 0 Å². The lowest BCUT2D eigenvalue weighted by atomic mass is 10.1. The van der Waals surface area contributed by atoms with Crippen LogP contribution in [-0.2, 0) is 9.53 Å². The Labute approximate surface area is 135 Å². The van der Waals surface area contributed by atoms with Gasteiger partial charge in [-0.1, -0.05) is 50.5 Å². The third-order valence-electron chi connectivity index (χ3n) is 2.97. The average molecular weight is 306 g/mol. The molecule has 0 aliphatic carbocycles. The number of hydrogen-bond acceptors (Lipinski definition) is 2. The van der Waals surface area contributed by atoms with Crippen molar-refractivity contribution in [3.8, 4) is 0 Å². The van der Waals surface area contributed by atoms with E-state index in [1.807, 2.05) is 0 Å². The molecule has 22 heavy (non-hydrogen) atoms. The average Bonchev–Trinajstić information content (AvgIpc) is 2.50. The van der Waals surface area contributed by atoms with Crippen molar-refractivity contribution in [3.63, 3.8) is 0 Å². The van der Waals surface area contributed by atoms with Gasteiger partial charge in [-0.15, -0.1) is 5.73 Å². The van der Waals surface area contributed by atoms with E-state index in [-0.39, 0.29) is 6.42 Å². The Morgan fingerprint density at radius 1 is 1.05 bits per heavy atom. The summed E-state index contributed by atoms with van der Waals surface area (Å²) in [4.78, 5) is 10.2. The highest BCUT2D eigenvalue weighted by atomic mass is 16.5. The number of carboxylic acids is 1. The maximum Gasteiger partial charge on any atom is 0.307 e. The van der Waals surface area contributed by atoms with Crippen molar-refractivity contribution in [3.05, 3.63) is 42.2 Å². The topological polar surface area (TPSA) is 46.5 Å². The number of carbonyl (C=O) groups is 1. The van der Waals surface area contributed by atoms with Crippen LogP contribution in [0.2, 0.25) is 0 Å². The van der Waals surface area contributed by atoms with E-state index in [0.717, 1.165) is 12.8 Å². The molecule has 0 aliphatic rings. The van der Waals surface area contributed by atoms with Gasteiger partial charge in [0.15, 0.2) is 0 Å². The van der Waals surface area contributed by atoms with E-state index in [1.165, 1.54) is 38.2 Å². The molecule has 124 valence electrons. The Bertz CT molecular complexity index is 374. The minimum atomic E-state index is -0.845. The predicted molar refractivity (Wildman–Crippen MR) is 92.0 cm³/mol. The van der Waals surface area contributed by atoms with Gasteiger partial charge in [0.05, 0.1) is 19.6 Å². The number of aliphatic carboxylic acids is 1. The minimum absolute atomic E-state index is 0.00532. The van der Waals surface area contributed by atoms with Gasteiger partial charge in [0.2, 0.25) is 0 Å². The third kappa shape index (κ3) is 18.4. The molecule has 0 rings (SSSR count). The van der Waals surface area contributed by atoms with Crippen molar-refractivity contribution < 1.29 is 14.6 Å². The van der Waals surface area contributed by atoms with E-state index in [4.69, 9.17) is 9.84 Å². The SMILES string of the molecule is CCCCCCC=CCC=CCCOCC=C=CCC(=O)O. The zero-order chi connectivity index (χ0) is 16.3. The van der Waals surface area contributed by atoms with Crippen molar-refractivity contribution in [2.45, 2.75) is 58.3 Å². The number of unbranched alkanes of at least 4 members (excludes halogenated alkanes) is 4. The lowest BCUT2D eigenvalue weighted by Crippen LogP contribution is -1.92. The molecule has 0 spiro atoms. The number of ether oxygens (including phenoxy) is 1. The summed E-state index contributed by atoms with van der Waals surface area (Å²) in [6, 6.07) is 0. The van der Waals surface area contributed by atoms with Crippen LogP contribution in [0.1, 0.15) is 58.3 Å². The standard InChI is InChI=1S/C19H30O3/c1-2-3-4-5-6-7-8-9-10-11-14-17-22-18-15-12-13-16-19(20)21/h7-8,10-11,13,15H,2-6,9,14,16-18H2,1H3,(H,20,21). The number of rotatable bonds is 14.